The largest absolute Gasteiger partial charge is 0.416 e. The average Bonchev–Trinajstić information content (AvgIpc) is 3.22. The first-order valence-electron chi connectivity index (χ1n) is 9.71. The Kier molecular flexibility index (Phi) is 6.08. The molecule has 164 valence electrons. The monoisotopic (exact) mass is 467 g/mol. The number of aromatic nitrogens is 2. The van der Waals surface area contributed by atoms with E-state index in [1.807, 2.05) is 0 Å². The number of carbonyl (C=O) groups excluding carboxylic acids is 1. The molecule has 4 rings (SSSR count). The van der Waals surface area contributed by atoms with Crippen molar-refractivity contribution in [3.8, 4) is 0 Å². The fraction of sp³-hybridized carbons (Fsp3) is 0.381. The third kappa shape index (κ3) is 4.77. The second kappa shape index (κ2) is 8.50. The Hall–Kier alpha value is -2.01. The molecular weight excluding hydrogens is 447 g/mol. The lowest BCUT2D eigenvalue weighted by atomic mass is 9.91. The molecule has 0 aliphatic carbocycles. The Bertz CT molecular complexity index is 1120. The molecule has 0 saturated carbocycles. The van der Waals surface area contributed by atoms with E-state index in [0.29, 0.717) is 47.2 Å². The van der Waals surface area contributed by atoms with Gasteiger partial charge in [0.2, 0.25) is 0 Å². The first-order valence-corrected chi connectivity index (χ1v) is 11.5. The van der Waals surface area contributed by atoms with Crippen molar-refractivity contribution in [3.05, 3.63) is 51.5 Å². The predicted octanol–water partition coefficient (Wildman–Crippen LogP) is 4.56. The maximum absolute atomic E-state index is 13.1. The number of nitrogens with zero attached hydrogens (tertiary/aromatic N) is 2. The summed E-state index contributed by atoms with van der Waals surface area (Å²) in [6.45, 7) is 3.09. The topological polar surface area (TPSA) is 75.1 Å². The van der Waals surface area contributed by atoms with Crippen molar-refractivity contribution in [2.75, 3.05) is 18.8 Å². The average molecular weight is 468 g/mol. The van der Waals surface area contributed by atoms with Crippen molar-refractivity contribution in [1.82, 2.24) is 15.3 Å². The molecule has 2 N–H and O–H groups in total. The van der Waals surface area contributed by atoms with Gasteiger partial charge in [0.25, 0.3) is 0 Å². The molecule has 0 radical (unpaired) electrons. The minimum absolute atomic E-state index is 0.0295. The van der Waals surface area contributed by atoms with Crippen LogP contribution in [0.3, 0.4) is 0 Å². The van der Waals surface area contributed by atoms with Gasteiger partial charge in [-0.15, -0.1) is 11.3 Å². The van der Waals surface area contributed by atoms with Crippen molar-refractivity contribution >= 4 is 39.8 Å². The molecular formula is C21H20F3N3O2S2. The van der Waals surface area contributed by atoms with Crippen LogP contribution >= 0.6 is 23.1 Å². The van der Waals surface area contributed by atoms with E-state index >= 15 is 0 Å². The lowest BCUT2D eigenvalue weighted by Gasteiger charge is -2.31. The van der Waals surface area contributed by atoms with Gasteiger partial charge >= 0.3 is 6.18 Å². The number of aliphatic hydroxyl groups is 1. The van der Waals surface area contributed by atoms with Crippen molar-refractivity contribution < 1.29 is 23.1 Å². The van der Waals surface area contributed by atoms with Gasteiger partial charge in [-0.05, 0) is 63.2 Å². The van der Waals surface area contributed by atoms with Crippen LogP contribution in [0.1, 0.15) is 38.8 Å². The number of ketones is 1. The van der Waals surface area contributed by atoms with E-state index in [1.54, 1.807) is 19.1 Å². The number of alkyl halides is 3. The van der Waals surface area contributed by atoms with Crippen LogP contribution in [0.15, 0.2) is 35.4 Å². The van der Waals surface area contributed by atoms with Crippen LogP contribution in [0.2, 0.25) is 0 Å². The third-order valence-corrected chi connectivity index (χ3v) is 7.52. The molecule has 5 nitrogen and oxygen atoms in total. The molecule has 1 aromatic carbocycles. The smallest absolute Gasteiger partial charge is 0.384 e. The van der Waals surface area contributed by atoms with E-state index in [4.69, 9.17) is 0 Å². The van der Waals surface area contributed by atoms with E-state index in [-0.39, 0.29) is 16.9 Å². The highest BCUT2D eigenvalue weighted by molar-refractivity contribution is 8.00. The predicted molar refractivity (Wildman–Crippen MR) is 115 cm³/mol. The molecule has 0 atom stereocenters. The number of piperidine rings is 1. The van der Waals surface area contributed by atoms with E-state index in [2.05, 4.69) is 15.3 Å². The maximum Gasteiger partial charge on any atom is 0.416 e. The van der Waals surface area contributed by atoms with Crippen LogP contribution in [0.5, 0.6) is 0 Å². The van der Waals surface area contributed by atoms with Crippen molar-refractivity contribution in [1.29, 1.82) is 0 Å². The van der Waals surface area contributed by atoms with Gasteiger partial charge < -0.3 is 10.4 Å². The molecule has 3 heterocycles. The lowest BCUT2D eigenvalue weighted by Crippen LogP contribution is -2.39. The molecule has 1 aliphatic rings. The van der Waals surface area contributed by atoms with Crippen molar-refractivity contribution in [3.63, 3.8) is 0 Å². The van der Waals surface area contributed by atoms with Gasteiger partial charge in [-0.1, -0.05) is 11.8 Å². The molecule has 0 unspecified atom stereocenters. The molecule has 0 spiro atoms. The molecule has 1 aliphatic heterocycles. The van der Waals surface area contributed by atoms with E-state index < -0.39 is 17.3 Å². The van der Waals surface area contributed by atoms with Crippen LogP contribution < -0.4 is 5.32 Å². The van der Waals surface area contributed by atoms with Crippen LogP contribution in [0.25, 0.3) is 10.9 Å². The zero-order valence-electron chi connectivity index (χ0n) is 16.6. The molecule has 3 aromatic rings. The number of rotatable bonds is 5. The highest BCUT2D eigenvalue weighted by Gasteiger charge is 2.33. The fourth-order valence-corrected chi connectivity index (χ4v) is 5.65. The lowest BCUT2D eigenvalue weighted by molar-refractivity contribution is -0.137. The Labute approximate surface area is 185 Å². The summed E-state index contributed by atoms with van der Waals surface area (Å²) >= 11 is 2.37. The van der Waals surface area contributed by atoms with Crippen molar-refractivity contribution in [2.24, 2.45) is 0 Å². The zero-order valence-corrected chi connectivity index (χ0v) is 18.3. The van der Waals surface area contributed by atoms with Gasteiger partial charge in [-0.2, -0.15) is 13.2 Å². The molecule has 10 heteroatoms. The Morgan fingerprint density at radius 3 is 2.68 bits per heavy atom. The molecule has 1 saturated heterocycles. The van der Waals surface area contributed by atoms with Gasteiger partial charge in [-0.3, -0.25) is 4.79 Å². The summed E-state index contributed by atoms with van der Waals surface area (Å²) in [4.78, 5) is 22.5. The number of carbonyl (C=O) groups is 1. The number of thiophene rings is 1. The number of aryl methyl sites for hydroxylation is 1. The normalized spacial score (nSPS) is 16.5. The number of Topliss-reactive ketones (excluding diaryl/α,β-unsaturated/α-hetero) is 1. The van der Waals surface area contributed by atoms with Gasteiger partial charge in [-0.25, -0.2) is 9.97 Å². The minimum Gasteiger partial charge on any atom is -0.384 e. The first-order chi connectivity index (χ1) is 14.7. The maximum atomic E-state index is 13.1. The number of halogens is 3. The van der Waals surface area contributed by atoms with Gasteiger partial charge in [0.05, 0.1) is 21.7 Å². The standard InChI is InChI=1S/C21H20F3N3O2S2/c1-12-26-15-3-2-13(21(22,23)24)10-14(15)19(27-12)30-11-16(28)17-4-5-18(31-17)20(29)6-8-25-9-7-20/h2-5,10,25,29H,6-9,11H2,1H3. The zero-order chi connectivity index (χ0) is 22.2. The summed E-state index contributed by atoms with van der Waals surface area (Å²) in [6, 6.07) is 6.83. The van der Waals surface area contributed by atoms with Gasteiger partial charge in [0, 0.05) is 10.3 Å². The summed E-state index contributed by atoms with van der Waals surface area (Å²) in [5.41, 5.74) is -1.30. The van der Waals surface area contributed by atoms with Crippen molar-refractivity contribution in [2.45, 2.75) is 36.6 Å². The Morgan fingerprint density at radius 1 is 1.23 bits per heavy atom. The number of fused-ring (bicyclic) bond motifs is 1. The van der Waals surface area contributed by atoms with E-state index in [1.165, 1.54) is 17.4 Å². The Morgan fingerprint density at radius 2 is 1.97 bits per heavy atom. The SMILES string of the molecule is Cc1nc(SCC(=O)c2ccc(C3(O)CCNCC3)s2)c2cc(C(F)(F)F)ccc2n1. The highest BCUT2D eigenvalue weighted by atomic mass is 32.2. The molecule has 0 bridgehead atoms. The summed E-state index contributed by atoms with van der Waals surface area (Å²) < 4.78 is 39.4. The summed E-state index contributed by atoms with van der Waals surface area (Å²) in [5.74, 6) is 0.297. The number of hydrogen-bond acceptors (Lipinski definition) is 7. The quantitative estimate of drug-likeness (QED) is 0.325. The third-order valence-electron chi connectivity index (χ3n) is 5.21. The number of nitrogens with one attached hydrogen (secondary N) is 1. The van der Waals surface area contributed by atoms with Crippen LogP contribution in [0.4, 0.5) is 13.2 Å². The summed E-state index contributed by atoms with van der Waals surface area (Å²) in [6.07, 6.45) is -3.30. The Balaban J connectivity index is 1.54. The number of hydrogen-bond donors (Lipinski definition) is 2. The summed E-state index contributed by atoms with van der Waals surface area (Å²) in [5, 5.41) is 14.6. The number of thioether (sulfide) groups is 1. The second-order valence-corrected chi connectivity index (χ2v) is 9.51. The van der Waals surface area contributed by atoms with Gasteiger partial charge in [0.1, 0.15) is 16.5 Å². The second-order valence-electron chi connectivity index (χ2n) is 7.46. The molecule has 0 amide bonds. The summed E-state index contributed by atoms with van der Waals surface area (Å²) in [7, 11) is 0. The first kappa shape index (κ1) is 22.2. The van der Waals surface area contributed by atoms with E-state index in [0.717, 1.165) is 28.8 Å². The molecule has 1 fully saturated rings. The van der Waals surface area contributed by atoms with Crippen LogP contribution in [0, 0.1) is 6.92 Å². The minimum atomic E-state index is -4.47. The number of benzene rings is 1. The van der Waals surface area contributed by atoms with E-state index in [9.17, 15) is 23.1 Å². The van der Waals surface area contributed by atoms with Gasteiger partial charge in [0.15, 0.2) is 5.78 Å². The van der Waals surface area contributed by atoms with Crippen LogP contribution in [-0.2, 0) is 11.8 Å². The highest BCUT2D eigenvalue weighted by Crippen LogP contribution is 2.37. The fourth-order valence-electron chi connectivity index (χ4n) is 3.53. The molecule has 2 aromatic heterocycles. The molecule has 31 heavy (non-hydrogen) atoms. The van der Waals surface area contributed by atoms with Crippen LogP contribution in [-0.4, -0.2) is 39.7 Å².